The van der Waals surface area contributed by atoms with Crippen molar-refractivity contribution >= 4 is 5.91 Å². The summed E-state index contributed by atoms with van der Waals surface area (Å²) in [4.78, 5) is 18.4. The second-order valence-electron chi connectivity index (χ2n) is 4.97. The van der Waals surface area contributed by atoms with E-state index in [2.05, 4.69) is 10.3 Å². The molecule has 0 bridgehead atoms. The van der Waals surface area contributed by atoms with Crippen LogP contribution in [-0.4, -0.2) is 48.6 Å². The first-order valence-electron chi connectivity index (χ1n) is 6.58. The summed E-state index contributed by atoms with van der Waals surface area (Å²) in [6, 6.07) is 3.85. The Morgan fingerprint density at radius 2 is 2.26 bits per heavy atom. The lowest BCUT2D eigenvalue weighted by Crippen LogP contribution is -2.54. The zero-order chi connectivity index (χ0) is 13.7. The monoisotopic (exact) mass is 263 g/mol. The van der Waals surface area contributed by atoms with Crippen LogP contribution in [0, 0.1) is 0 Å². The van der Waals surface area contributed by atoms with Gasteiger partial charge in [-0.25, -0.2) is 0 Å². The maximum absolute atomic E-state index is 12.6. The van der Waals surface area contributed by atoms with E-state index in [4.69, 9.17) is 4.74 Å². The summed E-state index contributed by atoms with van der Waals surface area (Å²) in [6.45, 7) is 2.20. The van der Waals surface area contributed by atoms with E-state index in [0.29, 0.717) is 6.54 Å². The molecule has 5 heteroatoms. The van der Waals surface area contributed by atoms with Crippen LogP contribution in [0.15, 0.2) is 24.5 Å². The summed E-state index contributed by atoms with van der Waals surface area (Å²) >= 11 is 0. The Hall–Kier alpha value is -1.46. The number of carbonyl (C=O) groups excluding carboxylic acids is 1. The van der Waals surface area contributed by atoms with Crippen molar-refractivity contribution in [3.63, 3.8) is 0 Å². The molecular weight excluding hydrogens is 242 g/mol. The molecule has 0 radical (unpaired) electrons. The standard InChI is InChI=1S/C14H21N3O2/c1-17(11-12-4-3-7-16-10-12)13(18)14(19-2)5-8-15-9-6-14/h3-4,7,10,15H,5-6,8-9,11H2,1-2H3. The summed E-state index contributed by atoms with van der Waals surface area (Å²) < 4.78 is 5.55. The van der Waals surface area contributed by atoms with Crippen LogP contribution in [0.2, 0.25) is 0 Å². The molecule has 0 unspecified atom stereocenters. The zero-order valence-electron chi connectivity index (χ0n) is 11.6. The number of ether oxygens (including phenoxy) is 1. The molecule has 2 rings (SSSR count). The number of piperidine rings is 1. The maximum Gasteiger partial charge on any atom is 0.254 e. The van der Waals surface area contributed by atoms with E-state index in [0.717, 1.165) is 31.5 Å². The highest BCUT2D eigenvalue weighted by Crippen LogP contribution is 2.25. The third kappa shape index (κ3) is 3.11. The van der Waals surface area contributed by atoms with Crippen LogP contribution < -0.4 is 5.32 Å². The zero-order valence-corrected chi connectivity index (χ0v) is 11.6. The molecule has 0 atom stereocenters. The smallest absolute Gasteiger partial charge is 0.254 e. The summed E-state index contributed by atoms with van der Waals surface area (Å²) in [7, 11) is 3.44. The van der Waals surface area contributed by atoms with Crippen LogP contribution in [0.25, 0.3) is 0 Å². The van der Waals surface area contributed by atoms with Gasteiger partial charge in [-0.05, 0) is 37.6 Å². The lowest BCUT2D eigenvalue weighted by molar-refractivity contribution is -0.157. The predicted molar refractivity (Wildman–Crippen MR) is 72.6 cm³/mol. The number of hydrogen-bond donors (Lipinski definition) is 1. The van der Waals surface area contributed by atoms with Gasteiger partial charge in [0.25, 0.3) is 5.91 Å². The number of methoxy groups -OCH3 is 1. The van der Waals surface area contributed by atoms with E-state index >= 15 is 0 Å². The van der Waals surface area contributed by atoms with Gasteiger partial charge in [-0.2, -0.15) is 0 Å². The number of nitrogens with zero attached hydrogens (tertiary/aromatic N) is 2. The van der Waals surface area contributed by atoms with Crippen molar-refractivity contribution < 1.29 is 9.53 Å². The number of aromatic nitrogens is 1. The second-order valence-corrected chi connectivity index (χ2v) is 4.97. The molecule has 1 aromatic heterocycles. The van der Waals surface area contributed by atoms with Crippen molar-refractivity contribution in [1.82, 2.24) is 15.2 Å². The van der Waals surface area contributed by atoms with Crippen molar-refractivity contribution in [3.05, 3.63) is 30.1 Å². The fourth-order valence-electron chi connectivity index (χ4n) is 2.52. The highest BCUT2D eigenvalue weighted by atomic mass is 16.5. The molecule has 1 N–H and O–H groups in total. The van der Waals surface area contributed by atoms with E-state index in [1.807, 2.05) is 19.2 Å². The first kappa shape index (κ1) is 14.0. The number of likely N-dealkylation sites (N-methyl/N-ethyl adjacent to an activating group) is 1. The molecule has 104 valence electrons. The average Bonchev–Trinajstić information content (AvgIpc) is 2.48. The highest BCUT2D eigenvalue weighted by Gasteiger charge is 2.41. The number of carbonyl (C=O) groups is 1. The number of nitrogens with one attached hydrogen (secondary N) is 1. The Balaban J connectivity index is 2.05. The number of rotatable bonds is 4. The van der Waals surface area contributed by atoms with E-state index in [1.54, 1.807) is 24.4 Å². The molecule has 5 nitrogen and oxygen atoms in total. The molecule has 1 saturated heterocycles. The fourth-order valence-corrected chi connectivity index (χ4v) is 2.52. The molecule has 1 amide bonds. The van der Waals surface area contributed by atoms with Crippen molar-refractivity contribution in [3.8, 4) is 0 Å². The van der Waals surface area contributed by atoms with Crippen molar-refractivity contribution in [2.45, 2.75) is 25.0 Å². The third-order valence-electron chi connectivity index (χ3n) is 3.68. The normalized spacial score (nSPS) is 18.0. The molecule has 0 saturated carbocycles. The molecule has 0 spiro atoms. The van der Waals surface area contributed by atoms with Gasteiger partial charge < -0.3 is 15.0 Å². The number of amides is 1. The first-order valence-corrected chi connectivity index (χ1v) is 6.58. The SMILES string of the molecule is COC1(C(=O)N(C)Cc2cccnc2)CCNCC1. The molecule has 0 aromatic carbocycles. The van der Waals surface area contributed by atoms with Gasteiger partial charge in [0.15, 0.2) is 0 Å². The summed E-state index contributed by atoms with van der Waals surface area (Å²) in [5, 5.41) is 3.26. The quantitative estimate of drug-likeness (QED) is 0.873. The van der Waals surface area contributed by atoms with Gasteiger partial charge in [-0.3, -0.25) is 9.78 Å². The van der Waals surface area contributed by atoms with Crippen LogP contribution in [0.5, 0.6) is 0 Å². The Morgan fingerprint density at radius 1 is 1.53 bits per heavy atom. The van der Waals surface area contributed by atoms with Crippen LogP contribution in [-0.2, 0) is 16.1 Å². The Bertz CT molecular complexity index is 416. The number of pyridine rings is 1. The average molecular weight is 263 g/mol. The first-order chi connectivity index (χ1) is 9.18. The summed E-state index contributed by atoms with van der Waals surface area (Å²) in [5.74, 6) is 0.0559. The van der Waals surface area contributed by atoms with Gasteiger partial charge in [-0.15, -0.1) is 0 Å². The van der Waals surface area contributed by atoms with Gasteiger partial charge >= 0.3 is 0 Å². The topological polar surface area (TPSA) is 54.5 Å². The lowest BCUT2D eigenvalue weighted by Gasteiger charge is -2.37. The van der Waals surface area contributed by atoms with Crippen LogP contribution in [0.4, 0.5) is 0 Å². The van der Waals surface area contributed by atoms with Crippen LogP contribution >= 0.6 is 0 Å². The molecule has 2 heterocycles. The molecule has 1 aliphatic rings. The van der Waals surface area contributed by atoms with Crippen LogP contribution in [0.1, 0.15) is 18.4 Å². The highest BCUT2D eigenvalue weighted by molar-refractivity contribution is 5.85. The molecular formula is C14H21N3O2. The second kappa shape index (κ2) is 6.12. The van der Waals surface area contributed by atoms with Gasteiger partial charge in [0.05, 0.1) is 0 Å². The molecule has 19 heavy (non-hydrogen) atoms. The predicted octanol–water partition coefficient (Wildman–Crippen LogP) is 0.809. The largest absolute Gasteiger partial charge is 0.368 e. The minimum absolute atomic E-state index is 0.0559. The van der Waals surface area contributed by atoms with Crippen LogP contribution in [0.3, 0.4) is 0 Å². The van der Waals surface area contributed by atoms with Gasteiger partial charge in [0.1, 0.15) is 5.60 Å². The summed E-state index contributed by atoms with van der Waals surface area (Å²) in [5.41, 5.74) is 0.362. The minimum atomic E-state index is -0.664. The molecule has 1 aliphatic heterocycles. The Morgan fingerprint density at radius 3 is 2.84 bits per heavy atom. The van der Waals surface area contributed by atoms with Gasteiger partial charge in [0, 0.05) is 33.1 Å². The molecule has 1 aromatic rings. The maximum atomic E-state index is 12.6. The lowest BCUT2D eigenvalue weighted by atomic mass is 9.90. The Kier molecular flexibility index (Phi) is 4.50. The van der Waals surface area contributed by atoms with Gasteiger partial charge in [0.2, 0.25) is 0 Å². The Labute approximate surface area is 114 Å². The van der Waals surface area contributed by atoms with E-state index in [1.165, 1.54) is 0 Å². The van der Waals surface area contributed by atoms with E-state index in [9.17, 15) is 4.79 Å². The van der Waals surface area contributed by atoms with Crippen molar-refractivity contribution in [2.75, 3.05) is 27.2 Å². The third-order valence-corrected chi connectivity index (χ3v) is 3.68. The molecule has 1 fully saturated rings. The number of hydrogen-bond acceptors (Lipinski definition) is 4. The van der Waals surface area contributed by atoms with Gasteiger partial charge in [-0.1, -0.05) is 6.07 Å². The van der Waals surface area contributed by atoms with E-state index < -0.39 is 5.60 Å². The van der Waals surface area contributed by atoms with E-state index in [-0.39, 0.29) is 5.91 Å². The van der Waals surface area contributed by atoms with Crippen molar-refractivity contribution in [1.29, 1.82) is 0 Å². The minimum Gasteiger partial charge on any atom is -0.368 e. The van der Waals surface area contributed by atoms with Crippen molar-refractivity contribution in [2.24, 2.45) is 0 Å². The summed E-state index contributed by atoms with van der Waals surface area (Å²) in [6.07, 6.45) is 4.96. The fraction of sp³-hybridized carbons (Fsp3) is 0.571. The molecule has 0 aliphatic carbocycles.